The van der Waals surface area contributed by atoms with Crippen LogP contribution in [0, 0.1) is 0 Å². The molecule has 114 valence electrons. The van der Waals surface area contributed by atoms with Crippen LogP contribution in [0.5, 0.6) is 0 Å². The fourth-order valence-electron chi connectivity index (χ4n) is 2.78. The molecule has 3 nitrogen and oxygen atoms in total. The van der Waals surface area contributed by atoms with Crippen molar-refractivity contribution in [3.8, 4) is 0 Å². The molecule has 2 aromatic rings. The van der Waals surface area contributed by atoms with Crippen molar-refractivity contribution < 1.29 is 0 Å². The van der Waals surface area contributed by atoms with E-state index in [-0.39, 0.29) is 5.54 Å². The Morgan fingerprint density at radius 1 is 1.19 bits per heavy atom. The van der Waals surface area contributed by atoms with Gasteiger partial charge >= 0.3 is 0 Å². The molecule has 3 heteroatoms. The second-order valence-electron chi connectivity index (χ2n) is 5.99. The van der Waals surface area contributed by atoms with Crippen LogP contribution in [-0.4, -0.2) is 9.78 Å². The number of hydrogen-bond acceptors (Lipinski definition) is 2. The molecule has 0 bridgehead atoms. The number of aromatic nitrogens is 2. The summed E-state index contributed by atoms with van der Waals surface area (Å²) >= 11 is 0. The molecule has 1 aromatic carbocycles. The van der Waals surface area contributed by atoms with E-state index in [1.165, 1.54) is 5.56 Å². The van der Waals surface area contributed by atoms with Gasteiger partial charge in [0.25, 0.3) is 0 Å². The van der Waals surface area contributed by atoms with Gasteiger partial charge in [0.15, 0.2) is 0 Å². The summed E-state index contributed by atoms with van der Waals surface area (Å²) in [6.07, 6.45) is 5.97. The van der Waals surface area contributed by atoms with Crippen LogP contribution in [-0.2, 0) is 12.0 Å². The molecular formula is C18H27N3. The van der Waals surface area contributed by atoms with E-state index in [9.17, 15) is 0 Å². The van der Waals surface area contributed by atoms with Crippen LogP contribution in [0.25, 0.3) is 0 Å². The van der Waals surface area contributed by atoms with E-state index in [0.717, 1.165) is 31.4 Å². The van der Waals surface area contributed by atoms with E-state index in [1.54, 1.807) is 0 Å². The molecule has 0 radical (unpaired) electrons. The highest BCUT2D eigenvalue weighted by Gasteiger charge is 2.27. The molecule has 0 amide bonds. The highest BCUT2D eigenvalue weighted by molar-refractivity contribution is 5.26. The van der Waals surface area contributed by atoms with E-state index in [2.05, 4.69) is 57.3 Å². The fourth-order valence-corrected chi connectivity index (χ4v) is 2.78. The van der Waals surface area contributed by atoms with Gasteiger partial charge in [0.05, 0.1) is 5.69 Å². The largest absolute Gasteiger partial charge is 0.321 e. The van der Waals surface area contributed by atoms with Crippen molar-refractivity contribution in [1.29, 1.82) is 0 Å². The normalized spacial score (nSPS) is 15.6. The van der Waals surface area contributed by atoms with E-state index in [1.807, 2.05) is 10.7 Å². The van der Waals surface area contributed by atoms with Crippen LogP contribution < -0.4 is 5.73 Å². The first-order valence-electron chi connectivity index (χ1n) is 7.97. The number of hydrogen-bond donors (Lipinski definition) is 1. The topological polar surface area (TPSA) is 43.8 Å². The molecular weight excluding hydrogens is 258 g/mol. The Morgan fingerprint density at radius 2 is 1.90 bits per heavy atom. The number of rotatable bonds is 7. The monoisotopic (exact) mass is 285 g/mol. The van der Waals surface area contributed by atoms with Crippen LogP contribution in [0.4, 0.5) is 0 Å². The lowest BCUT2D eigenvalue weighted by atomic mass is 9.82. The molecule has 2 atom stereocenters. The molecule has 0 spiro atoms. The molecule has 1 heterocycles. The van der Waals surface area contributed by atoms with Crippen LogP contribution in [0.2, 0.25) is 0 Å². The fraction of sp³-hybridized carbons (Fsp3) is 0.500. The number of benzene rings is 1. The van der Waals surface area contributed by atoms with Gasteiger partial charge in [0, 0.05) is 24.2 Å². The lowest BCUT2D eigenvalue weighted by molar-refractivity contribution is 0.390. The molecule has 2 rings (SSSR count). The molecule has 2 unspecified atom stereocenters. The molecule has 0 saturated heterocycles. The van der Waals surface area contributed by atoms with Crippen molar-refractivity contribution in [2.45, 2.75) is 58.0 Å². The van der Waals surface area contributed by atoms with Crippen molar-refractivity contribution in [2.24, 2.45) is 5.73 Å². The minimum Gasteiger partial charge on any atom is -0.321 e. The maximum atomic E-state index is 6.73. The Bertz CT molecular complexity index is 547. The number of nitrogens with zero attached hydrogens (tertiary/aromatic N) is 2. The predicted octanol–water partition coefficient (Wildman–Crippen LogP) is 4.05. The minimum absolute atomic E-state index is 0.329. The summed E-state index contributed by atoms with van der Waals surface area (Å²) in [5, 5.41) is 4.71. The summed E-state index contributed by atoms with van der Waals surface area (Å²) < 4.78 is 2.05. The van der Waals surface area contributed by atoms with Crippen molar-refractivity contribution >= 4 is 0 Å². The summed E-state index contributed by atoms with van der Waals surface area (Å²) in [6.45, 7) is 6.55. The summed E-state index contributed by atoms with van der Waals surface area (Å²) in [4.78, 5) is 0. The number of nitrogens with two attached hydrogens (primary N) is 1. The second-order valence-corrected chi connectivity index (χ2v) is 5.99. The minimum atomic E-state index is -0.329. The Hall–Kier alpha value is -1.61. The van der Waals surface area contributed by atoms with Crippen LogP contribution in [0.3, 0.4) is 0 Å². The van der Waals surface area contributed by atoms with Gasteiger partial charge in [-0.3, -0.25) is 4.68 Å². The van der Waals surface area contributed by atoms with E-state index < -0.39 is 0 Å². The summed E-state index contributed by atoms with van der Waals surface area (Å²) in [7, 11) is 0. The van der Waals surface area contributed by atoms with Gasteiger partial charge in [0.1, 0.15) is 0 Å². The molecule has 0 aliphatic rings. The SMILES string of the molecule is CCCC(N)(Cc1ccn(C(C)CC)n1)c1ccccc1. The van der Waals surface area contributed by atoms with E-state index in [4.69, 9.17) is 10.8 Å². The maximum absolute atomic E-state index is 6.73. The van der Waals surface area contributed by atoms with Crippen LogP contribution >= 0.6 is 0 Å². The summed E-state index contributed by atoms with van der Waals surface area (Å²) in [5.74, 6) is 0. The van der Waals surface area contributed by atoms with Gasteiger partial charge < -0.3 is 5.73 Å². The third kappa shape index (κ3) is 3.73. The highest BCUT2D eigenvalue weighted by Crippen LogP contribution is 2.27. The molecule has 0 aliphatic carbocycles. The second kappa shape index (κ2) is 6.90. The van der Waals surface area contributed by atoms with Gasteiger partial charge in [0.2, 0.25) is 0 Å². The molecule has 0 aliphatic heterocycles. The first kappa shape index (κ1) is 15.8. The van der Waals surface area contributed by atoms with Crippen molar-refractivity contribution in [3.05, 3.63) is 53.9 Å². The Labute approximate surface area is 128 Å². The Kier molecular flexibility index (Phi) is 5.18. The summed E-state index contributed by atoms with van der Waals surface area (Å²) in [6, 6.07) is 12.9. The van der Waals surface area contributed by atoms with Crippen molar-refractivity contribution in [2.75, 3.05) is 0 Å². The molecule has 21 heavy (non-hydrogen) atoms. The predicted molar refractivity (Wildman–Crippen MR) is 88.1 cm³/mol. The van der Waals surface area contributed by atoms with Crippen molar-refractivity contribution in [3.63, 3.8) is 0 Å². The first-order chi connectivity index (χ1) is 10.1. The van der Waals surface area contributed by atoms with Gasteiger partial charge in [-0.05, 0) is 31.4 Å². The summed E-state index contributed by atoms with van der Waals surface area (Å²) in [5.41, 5.74) is 8.68. The zero-order chi connectivity index (χ0) is 15.3. The smallest absolute Gasteiger partial charge is 0.0646 e. The lowest BCUT2D eigenvalue weighted by Gasteiger charge is -2.29. The van der Waals surface area contributed by atoms with Crippen LogP contribution in [0.1, 0.15) is 57.3 Å². The first-order valence-corrected chi connectivity index (χ1v) is 7.97. The molecule has 1 aromatic heterocycles. The van der Waals surface area contributed by atoms with Gasteiger partial charge in [-0.2, -0.15) is 5.10 Å². The third-order valence-electron chi connectivity index (χ3n) is 4.25. The van der Waals surface area contributed by atoms with E-state index in [0.29, 0.717) is 6.04 Å². The maximum Gasteiger partial charge on any atom is 0.0646 e. The third-order valence-corrected chi connectivity index (χ3v) is 4.25. The Balaban J connectivity index is 2.22. The zero-order valence-corrected chi connectivity index (χ0v) is 13.4. The Morgan fingerprint density at radius 3 is 2.52 bits per heavy atom. The van der Waals surface area contributed by atoms with Gasteiger partial charge in [-0.15, -0.1) is 0 Å². The molecule has 2 N–H and O–H groups in total. The average molecular weight is 285 g/mol. The average Bonchev–Trinajstić information content (AvgIpc) is 2.96. The molecule has 0 saturated carbocycles. The van der Waals surface area contributed by atoms with Crippen LogP contribution in [0.15, 0.2) is 42.6 Å². The van der Waals surface area contributed by atoms with E-state index >= 15 is 0 Å². The highest BCUT2D eigenvalue weighted by atomic mass is 15.3. The van der Waals surface area contributed by atoms with Gasteiger partial charge in [-0.1, -0.05) is 50.6 Å². The lowest BCUT2D eigenvalue weighted by Crippen LogP contribution is -2.39. The zero-order valence-electron chi connectivity index (χ0n) is 13.4. The standard InChI is InChI=1S/C18H27N3/c1-4-12-18(19,16-9-7-6-8-10-16)14-17-11-13-21(20-17)15(3)5-2/h6-11,13,15H,4-5,12,14,19H2,1-3H3. The van der Waals surface area contributed by atoms with Gasteiger partial charge in [-0.25, -0.2) is 0 Å². The molecule has 0 fully saturated rings. The van der Waals surface area contributed by atoms with Crippen molar-refractivity contribution in [1.82, 2.24) is 9.78 Å². The quantitative estimate of drug-likeness (QED) is 0.834.